The van der Waals surface area contributed by atoms with Crippen LogP contribution in [0.4, 0.5) is 5.69 Å². The number of esters is 1. The van der Waals surface area contributed by atoms with E-state index in [4.69, 9.17) is 9.47 Å². The van der Waals surface area contributed by atoms with Gasteiger partial charge in [-0.15, -0.1) is 0 Å². The summed E-state index contributed by atoms with van der Waals surface area (Å²) in [6, 6.07) is 8.62. The summed E-state index contributed by atoms with van der Waals surface area (Å²) in [7, 11) is 1.42. The van der Waals surface area contributed by atoms with E-state index in [1.165, 1.54) is 49.6 Å². The molecule has 4 N–H and O–H groups in total. The van der Waals surface area contributed by atoms with Crippen LogP contribution in [0.3, 0.4) is 0 Å². The number of hydrogen-bond donors (Lipinski definition) is 4. The van der Waals surface area contributed by atoms with Crippen LogP contribution in [0.2, 0.25) is 0 Å². The fourth-order valence-electron chi connectivity index (χ4n) is 9.59. The van der Waals surface area contributed by atoms with Gasteiger partial charge in [-0.25, -0.2) is 0 Å². The van der Waals surface area contributed by atoms with Gasteiger partial charge in [0.05, 0.1) is 18.8 Å². The maximum atomic E-state index is 14.2. The number of ketones is 2. The normalized spacial score (nSPS) is 21.5. The third-order valence-electron chi connectivity index (χ3n) is 12.7. The number of phenols is 2. The molecule has 58 heavy (non-hydrogen) atoms. The van der Waals surface area contributed by atoms with Crippen LogP contribution in [0.25, 0.3) is 10.8 Å². The number of anilines is 1. The van der Waals surface area contributed by atoms with Gasteiger partial charge in [0.1, 0.15) is 23.5 Å². The topological polar surface area (TPSA) is 146 Å². The fraction of sp³-hybridized carbons (Fsp3) is 0.468. The van der Waals surface area contributed by atoms with Crippen molar-refractivity contribution in [2.45, 2.75) is 110 Å². The van der Waals surface area contributed by atoms with Crippen molar-refractivity contribution in [1.29, 1.82) is 0 Å². The molecular weight excluding hydrogens is 733 g/mol. The molecule has 4 aromatic rings. The van der Waals surface area contributed by atoms with E-state index >= 15 is 0 Å². The number of carbonyl (C=O) groups is 3. The first-order valence-corrected chi connectivity index (χ1v) is 20.9. The van der Waals surface area contributed by atoms with Crippen molar-refractivity contribution in [2.24, 2.45) is 11.3 Å². The van der Waals surface area contributed by atoms with Gasteiger partial charge in [-0.2, -0.15) is 0 Å². The molecule has 1 spiro atoms. The Balaban J connectivity index is 1.38. The molecule has 1 aliphatic carbocycles. The minimum absolute atomic E-state index is 0.0168. The van der Waals surface area contributed by atoms with Crippen molar-refractivity contribution >= 4 is 34.0 Å². The Morgan fingerprint density at radius 2 is 1.79 bits per heavy atom. The van der Waals surface area contributed by atoms with E-state index in [9.17, 15) is 24.6 Å². The van der Waals surface area contributed by atoms with Crippen molar-refractivity contribution in [3.63, 3.8) is 0 Å². The van der Waals surface area contributed by atoms with E-state index in [0.717, 1.165) is 60.8 Å². The lowest BCUT2D eigenvalue weighted by Crippen LogP contribution is -2.37. The van der Waals surface area contributed by atoms with Gasteiger partial charge in [0.25, 0.3) is 0 Å². The number of Topliss-reactive ketones (excluding diaryl/α,β-unsaturated/α-hetero) is 2. The van der Waals surface area contributed by atoms with Crippen LogP contribution in [-0.4, -0.2) is 63.6 Å². The van der Waals surface area contributed by atoms with Crippen LogP contribution in [0.15, 0.2) is 78.7 Å². The lowest BCUT2D eigenvalue weighted by atomic mass is 9.72. The predicted octanol–water partition coefficient (Wildman–Crippen LogP) is 8.58. The molecule has 0 amide bonds. The zero-order chi connectivity index (χ0) is 41.0. The van der Waals surface area contributed by atoms with Crippen LogP contribution < -0.4 is 15.0 Å². The summed E-state index contributed by atoms with van der Waals surface area (Å²) in [5, 5.41) is 26.9. The maximum Gasteiger partial charge on any atom is 0.302 e. The molecular formula is C47H58N4O7. The number of benzene rings is 2. The zero-order valence-corrected chi connectivity index (χ0v) is 34.3. The van der Waals surface area contributed by atoms with Crippen molar-refractivity contribution in [3.8, 4) is 17.2 Å². The van der Waals surface area contributed by atoms with E-state index in [0.29, 0.717) is 37.4 Å². The summed E-state index contributed by atoms with van der Waals surface area (Å²) in [5.74, 6) is 0.213. The highest BCUT2D eigenvalue weighted by Crippen LogP contribution is 2.49. The lowest BCUT2D eigenvalue weighted by molar-refractivity contribution is -0.148. The summed E-state index contributed by atoms with van der Waals surface area (Å²) in [5.41, 5.74) is 5.47. The molecule has 11 heteroatoms. The van der Waals surface area contributed by atoms with E-state index in [-0.39, 0.29) is 47.1 Å². The van der Waals surface area contributed by atoms with Gasteiger partial charge >= 0.3 is 5.97 Å². The first-order chi connectivity index (χ1) is 28.0. The largest absolute Gasteiger partial charge is 0.504 e. The Hall–Kier alpha value is -5.45. The van der Waals surface area contributed by atoms with Gasteiger partial charge in [0, 0.05) is 74.8 Å². The number of nitrogens with one attached hydrogen (secondary N) is 2. The number of allylic oxidation sites excluding steroid dienone is 2. The number of methoxy groups -OCH3 is 1. The molecule has 4 bridgehead atoms. The Morgan fingerprint density at radius 3 is 2.53 bits per heavy atom. The maximum absolute atomic E-state index is 14.2. The van der Waals surface area contributed by atoms with Gasteiger partial charge in [-0.05, 0) is 103 Å². The summed E-state index contributed by atoms with van der Waals surface area (Å²) >= 11 is 0. The van der Waals surface area contributed by atoms with Crippen molar-refractivity contribution < 1.29 is 34.1 Å². The summed E-state index contributed by atoms with van der Waals surface area (Å²) in [4.78, 5) is 44.8. The van der Waals surface area contributed by atoms with Gasteiger partial charge in [0.15, 0.2) is 11.5 Å². The number of aromatic nitrogens is 2. The standard InChI is InChI=1S/C47H58N4O7/c1-5-32-11-12-39(58-31(3)53)23-38(54)24-42(34-20-43(55)46(56)44(21-34)57-4)50-28-33-9-8-10-41(40(33)29-50)51(18-14-30(2)52)45-22-37(13-17-49-45)47(15-6-7-16-47)25-36-27-48-26-35(36)19-32/h8-10,13,20-22,26-29,32,39,42,48-49,55-56H,5-7,11-12,14-19,23-25H2,1-4H3. The minimum atomic E-state index is -0.606. The number of aromatic amines is 1. The monoisotopic (exact) mass is 790 g/mol. The Bertz CT molecular complexity index is 2210. The molecule has 2 aromatic heterocycles. The van der Waals surface area contributed by atoms with Crippen LogP contribution in [0.5, 0.6) is 17.2 Å². The molecule has 3 atom stereocenters. The number of phenolic OH excluding ortho intramolecular Hbond substituents is 2. The Labute approximate surface area is 341 Å². The summed E-state index contributed by atoms with van der Waals surface area (Å²) in [6.07, 6.45) is 21.6. The molecule has 3 unspecified atom stereocenters. The SMILES string of the molecule is CCC1CCC(OC(C)=O)CC(=O)CC(c2cc(O)c(O)c(OC)c2)n2cc3cccc(c3c2)N(CCC(C)=O)C2=CC(=CCN2)C2(CCCC2)Cc2c[nH]cc2C1. The highest BCUT2D eigenvalue weighted by atomic mass is 16.5. The predicted molar refractivity (Wildman–Crippen MR) is 225 cm³/mol. The second-order valence-electron chi connectivity index (χ2n) is 16.7. The fourth-order valence-corrected chi connectivity index (χ4v) is 9.59. The summed E-state index contributed by atoms with van der Waals surface area (Å²) in [6.45, 7) is 6.36. The van der Waals surface area contributed by atoms with E-state index in [1.54, 1.807) is 13.0 Å². The first-order valence-electron chi connectivity index (χ1n) is 20.9. The highest BCUT2D eigenvalue weighted by molar-refractivity contribution is 5.95. The quantitative estimate of drug-likeness (QED) is 0.107. The average Bonchev–Trinajstić information content (AvgIpc) is 3.97. The molecule has 308 valence electrons. The molecule has 2 aliphatic heterocycles. The van der Waals surface area contributed by atoms with E-state index in [2.05, 4.69) is 52.7 Å². The molecule has 0 saturated heterocycles. The van der Waals surface area contributed by atoms with E-state index < -0.39 is 18.1 Å². The molecule has 3 aliphatic rings. The molecule has 0 radical (unpaired) electrons. The van der Waals surface area contributed by atoms with E-state index in [1.807, 2.05) is 29.1 Å². The minimum Gasteiger partial charge on any atom is -0.504 e. The van der Waals surface area contributed by atoms with Crippen LogP contribution in [0, 0.1) is 11.3 Å². The lowest BCUT2D eigenvalue weighted by Gasteiger charge is -2.36. The zero-order valence-electron chi connectivity index (χ0n) is 34.3. The average molecular weight is 791 g/mol. The second kappa shape index (κ2) is 17.6. The van der Waals surface area contributed by atoms with Crippen LogP contribution in [0.1, 0.15) is 108 Å². The smallest absolute Gasteiger partial charge is 0.302 e. The van der Waals surface area contributed by atoms with Crippen LogP contribution >= 0.6 is 0 Å². The summed E-state index contributed by atoms with van der Waals surface area (Å²) < 4.78 is 13.2. The first kappa shape index (κ1) is 40.7. The molecule has 11 nitrogen and oxygen atoms in total. The second-order valence-corrected chi connectivity index (χ2v) is 16.7. The van der Waals surface area contributed by atoms with Crippen molar-refractivity contribution in [2.75, 3.05) is 25.1 Å². The number of ether oxygens (including phenoxy) is 2. The van der Waals surface area contributed by atoms with Crippen molar-refractivity contribution in [3.05, 3.63) is 95.4 Å². The van der Waals surface area contributed by atoms with Gasteiger partial charge in [-0.1, -0.05) is 44.4 Å². The third kappa shape index (κ3) is 8.83. The molecule has 1 saturated carbocycles. The highest BCUT2D eigenvalue weighted by Gasteiger charge is 2.39. The molecule has 1 fully saturated rings. The number of fused-ring (bicyclic) bond motifs is 4. The Kier molecular flexibility index (Phi) is 12.4. The number of aromatic hydroxyl groups is 2. The molecule has 2 aromatic carbocycles. The van der Waals surface area contributed by atoms with Crippen molar-refractivity contribution in [1.82, 2.24) is 14.9 Å². The third-order valence-corrected chi connectivity index (χ3v) is 12.7. The number of rotatable bonds is 7. The molecule has 7 rings (SSSR count). The number of carbonyl (C=O) groups excluding carboxylic acids is 3. The molecule has 4 heterocycles. The van der Waals surface area contributed by atoms with Gasteiger partial charge < -0.3 is 39.5 Å². The number of nitrogens with zero attached hydrogens (tertiary/aromatic N) is 2. The number of hydrogen-bond acceptors (Lipinski definition) is 9. The number of dihydropyridines is 1. The van der Waals surface area contributed by atoms with Crippen LogP contribution in [-0.2, 0) is 32.0 Å². The van der Waals surface area contributed by atoms with Gasteiger partial charge in [0.2, 0.25) is 5.75 Å². The Morgan fingerprint density at radius 1 is 1.00 bits per heavy atom. The van der Waals surface area contributed by atoms with Gasteiger partial charge in [-0.3, -0.25) is 14.4 Å². The number of H-pyrrole nitrogens is 1.